The maximum atomic E-state index is 5.70. The summed E-state index contributed by atoms with van der Waals surface area (Å²) in [5, 5.41) is 0. The first-order valence-electron chi connectivity index (χ1n) is 6.12. The molecule has 3 heterocycles. The fourth-order valence-corrected chi connectivity index (χ4v) is 3.54. The minimum Gasteiger partial charge on any atom is -0.326 e. The van der Waals surface area contributed by atoms with Crippen LogP contribution in [0.4, 0.5) is 0 Å². The second-order valence-corrected chi connectivity index (χ2v) is 5.76. The van der Waals surface area contributed by atoms with Gasteiger partial charge in [0.05, 0.1) is 11.7 Å². The Morgan fingerprint density at radius 3 is 2.94 bits per heavy atom. The van der Waals surface area contributed by atoms with Gasteiger partial charge in [-0.2, -0.15) is 11.8 Å². The Balaban J connectivity index is 2.02. The zero-order chi connectivity index (χ0) is 11.7. The van der Waals surface area contributed by atoms with Gasteiger partial charge in [-0.05, 0) is 36.0 Å². The predicted molar refractivity (Wildman–Crippen MR) is 72.4 cm³/mol. The lowest BCUT2D eigenvalue weighted by molar-refractivity contribution is 0.595. The summed E-state index contributed by atoms with van der Waals surface area (Å²) in [4.78, 5) is 4.61. The highest BCUT2D eigenvalue weighted by molar-refractivity contribution is 7.99. The molecular formula is C13H17N3S. The van der Waals surface area contributed by atoms with Gasteiger partial charge in [-0.1, -0.05) is 6.07 Å². The first-order chi connectivity index (χ1) is 8.38. The Bertz CT molecular complexity index is 514. The molecule has 2 N–H and O–H groups in total. The van der Waals surface area contributed by atoms with E-state index in [4.69, 9.17) is 5.73 Å². The molecule has 17 heavy (non-hydrogen) atoms. The summed E-state index contributed by atoms with van der Waals surface area (Å²) in [6.07, 6.45) is 6.60. The maximum Gasteiger partial charge on any atom is 0.116 e. The SMILES string of the molecule is NCc1ccc2cnc(C3CCSCC3)n2c1. The van der Waals surface area contributed by atoms with E-state index in [0.717, 1.165) is 0 Å². The first kappa shape index (κ1) is 11.1. The molecule has 0 atom stereocenters. The van der Waals surface area contributed by atoms with E-state index in [1.807, 2.05) is 6.20 Å². The lowest BCUT2D eigenvalue weighted by Gasteiger charge is -2.20. The van der Waals surface area contributed by atoms with E-state index in [1.54, 1.807) is 0 Å². The number of pyridine rings is 1. The Morgan fingerprint density at radius 2 is 2.18 bits per heavy atom. The Hall–Kier alpha value is -1.00. The van der Waals surface area contributed by atoms with E-state index in [9.17, 15) is 0 Å². The van der Waals surface area contributed by atoms with Crippen LogP contribution < -0.4 is 5.73 Å². The molecule has 3 rings (SSSR count). The van der Waals surface area contributed by atoms with Crippen molar-refractivity contribution in [1.29, 1.82) is 0 Å². The number of thioether (sulfide) groups is 1. The van der Waals surface area contributed by atoms with Gasteiger partial charge in [0, 0.05) is 18.7 Å². The summed E-state index contributed by atoms with van der Waals surface area (Å²) in [5.74, 6) is 4.36. The number of fused-ring (bicyclic) bond motifs is 1. The molecule has 0 bridgehead atoms. The number of hydrogen-bond donors (Lipinski definition) is 1. The van der Waals surface area contributed by atoms with Crippen LogP contribution in [0.1, 0.15) is 30.1 Å². The number of imidazole rings is 1. The van der Waals surface area contributed by atoms with Crippen LogP contribution >= 0.6 is 11.8 Å². The lowest BCUT2D eigenvalue weighted by atomic mass is 10.0. The fraction of sp³-hybridized carbons (Fsp3) is 0.462. The van der Waals surface area contributed by atoms with Crippen molar-refractivity contribution in [2.24, 2.45) is 5.73 Å². The second kappa shape index (κ2) is 4.70. The molecule has 0 radical (unpaired) electrons. The molecule has 4 heteroatoms. The summed E-state index contributed by atoms with van der Waals surface area (Å²) >= 11 is 2.05. The summed E-state index contributed by atoms with van der Waals surface area (Å²) < 4.78 is 2.23. The normalized spacial score (nSPS) is 17.7. The minimum atomic E-state index is 0.591. The fourth-order valence-electron chi connectivity index (χ4n) is 2.43. The Morgan fingerprint density at radius 1 is 1.35 bits per heavy atom. The number of nitrogens with two attached hydrogens (primary N) is 1. The minimum absolute atomic E-state index is 0.591. The van der Waals surface area contributed by atoms with Crippen molar-refractivity contribution in [1.82, 2.24) is 9.38 Å². The largest absolute Gasteiger partial charge is 0.326 e. The molecular weight excluding hydrogens is 230 g/mol. The molecule has 90 valence electrons. The number of aromatic nitrogens is 2. The number of rotatable bonds is 2. The van der Waals surface area contributed by atoms with Gasteiger partial charge in [0.2, 0.25) is 0 Å². The third-order valence-electron chi connectivity index (χ3n) is 3.44. The topological polar surface area (TPSA) is 43.3 Å². The maximum absolute atomic E-state index is 5.70. The van der Waals surface area contributed by atoms with Crippen LogP contribution in [0.3, 0.4) is 0 Å². The van der Waals surface area contributed by atoms with Gasteiger partial charge in [0.25, 0.3) is 0 Å². The Kier molecular flexibility index (Phi) is 3.07. The molecule has 2 aromatic rings. The third kappa shape index (κ3) is 2.07. The van der Waals surface area contributed by atoms with Gasteiger partial charge in [-0.3, -0.25) is 0 Å². The van der Waals surface area contributed by atoms with Gasteiger partial charge in [-0.25, -0.2) is 4.98 Å². The van der Waals surface area contributed by atoms with Crippen molar-refractivity contribution in [2.75, 3.05) is 11.5 Å². The van der Waals surface area contributed by atoms with Crippen molar-refractivity contribution in [3.05, 3.63) is 35.9 Å². The Labute approximate surface area is 105 Å². The summed E-state index contributed by atoms with van der Waals surface area (Å²) in [6, 6.07) is 4.19. The van der Waals surface area contributed by atoms with E-state index >= 15 is 0 Å². The summed E-state index contributed by atoms with van der Waals surface area (Å²) in [5.41, 5.74) is 8.05. The van der Waals surface area contributed by atoms with Crippen molar-refractivity contribution in [2.45, 2.75) is 25.3 Å². The molecule has 0 unspecified atom stereocenters. The molecule has 0 aliphatic carbocycles. The molecule has 0 spiro atoms. The van der Waals surface area contributed by atoms with Gasteiger partial charge >= 0.3 is 0 Å². The van der Waals surface area contributed by atoms with Gasteiger partial charge in [0.1, 0.15) is 5.82 Å². The van der Waals surface area contributed by atoms with Crippen LogP contribution in [-0.2, 0) is 6.54 Å². The lowest BCUT2D eigenvalue weighted by Crippen LogP contribution is -2.11. The van der Waals surface area contributed by atoms with Gasteiger partial charge in [0.15, 0.2) is 0 Å². The van der Waals surface area contributed by atoms with Crippen LogP contribution in [0.2, 0.25) is 0 Å². The number of hydrogen-bond acceptors (Lipinski definition) is 3. The smallest absolute Gasteiger partial charge is 0.116 e. The zero-order valence-corrected chi connectivity index (χ0v) is 10.6. The number of nitrogens with zero attached hydrogens (tertiary/aromatic N) is 2. The van der Waals surface area contributed by atoms with Crippen LogP contribution in [0.15, 0.2) is 24.5 Å². The first-order valence-corrected chi connectivity index (χ1v) is 7.27. The second-order valence-electron chi connectivity index (χ2n) is 4.54. The van der Waals surface area contributed by atoms with Crippen molar-refractivity contribution >= 4 is 17.3 Å². The van der Waals surface area contributed by atoms with Crippen LogP contribution in [0, 0.1) is 0 Å². The predicted octanol–water partition coefficient (Wildman–Crippen LogP) is 2.40. The van der Waals surface area contributed by atoms with Crippen molar-refractivity contribution in [3.8, 4) is 0 Å². The van der Waals surface area contributed by atoms with Crippen LogP contribution in [0.5, 0.6) is 0 Å². The van der Waals surface area contributed by atoms with Crippen molar-refractivity contribution in [3.63, 3.8) is 0 Å². The van der Waals surface area contributed by atoms with E-state index < -0.39 is 0 Å². The molecule has 2 aromatic heterocycles. The molecule has 1 saturated heterocycles. The molecule has 0 amide bonds. The quantitative estimate of drug-likeness (QED) is 0.886. The van der Waals surface area contributed by atoms with Crippen LogP contribution in [-0.4, -0.2) is 20.9 Å². The van der Waals surface area contributed by atoms with E-state index in [0.29, 0.717) is 12.5 Å². The molecule has 1 fully saturated rings. The molecule has 1 aliphatic heterocycles. The molecule has 0 aromatic carbocycles. The summed E-state index contributed by atoms with van der Waals surface area (Å²) in [7, 11) is 0. The van der Waals surface area contributed by atoms with Gasteiger partial charge in [-0.15, -0.1) is 0 Å². The average molecular weight is 247 g/mol. The van der Waals surface area contributed by atoms with E-state index in [-0.39, 0.29) is 0 Å². The molecule has 3 nitrogen and oxygen atoms in total. The standard InChI is InChI=1S/C13H17N3S/c14-7-10-1-2-12-8-15-13(16(12)9-10)11-3-5-17-6-4-11/h1-2,8-9,11H,3-7,14H2. The van der Waals surface area contributed by atoms with E-state index in [1.165, 1.54) is 41.3 Å². The summed E-state index contributed by atoms with van der Waals surface area (Å²) in [6.45, 7) is 0.591. The molecule has 1 aliphatic rings. The zero-order valence-electron chi connectivity index (χ0n) is 9.80. The van der Waals surface area contributed by atoms with Crippen LogP contribution in [0.25, 0.3) is 5.52 Å². The highest BCUT2D eigenvalue weighted by Gasteiger charge is 2.19. The highest BCUT2D eigenvalue weighted by Crippen LogP contribution is 2.31. The van der Waals surface area contributed by atoms with E-state index in [2.05, 4.69) is 39.5 Å². The molecule has 0 saturated carbocycles. The monoisotopic (exact) mass is 247 g/mol. The average Bonchev–Trinajstić information content (AvgIpc) is 2.82. The highest BCUT2D eigenvalue weighted by atomic mass is 32.2. The third-order valence-corrected chi connectivity index (χ3v) is 4.49. The van der Waals surface area contributed by atoms with Gasteiger partial charge < -0.3 is 10.1 Å². The van der Waals surface area contributed by atoms with Crippen molar-refractivity contribution < 1.29 is 0 Å².